The van der Waals surface area contributed by atoms with Crippen molar-refractivity contribution in [3.8, 4) is 0 Å². The zero-order valence-electron chi connectivity index (χ0n) is 10.6. The Kier molecular flexibility index (Phi) is 4.53. The molecule has 1 fully saturated rings. The minimum absolute atomic E-state index is 0.427. The highest BCUT2D eigenvalue weighted by molar-refractivity contribution is 7.99. The highest BCUT2D eigenvalue weighted by Gasteiger charge is 2.20. The maximum Gasteiger partial charge on any atom is 0.338 e. The Hall–Kier alpha value is -1.16. The molecule has 0 atom stereocenters. The third kappa shape index (κ3) is 2.99. The van der Waals surface area contributed by atoms with Crippen LogP contribution in [0, 0.1) is 0 Å². The molecule has 0 amide bonds. The van der Waals surface area contributed by atoms with E-state index in [4.69, 9.17) is 0 Å². The molecule has 1 saturated carbocycles. The van der Waals surface area contributed by atoms with Gasteiger partial charge in [-0.25, -0.2) is 4.79 Å². The lowest BCUT2D eigenvalue weighted by Crippen LogP contribution is -2.17. The number of nitrogens with one attached hydrogen (secondary N) is 1. The topological polar surface area (TPSA) is 49.3 Å². The van der Waals surface area contributed by atoms with Crippen molar-refractivity contribution in [3.05, 3.63) is 23.8 Å². The summed E-state index contributed by atoms with van der Waals surface area (Å²) >= 11 is 1.58. The van der Waals surface area contributed by atoms with E-state index in [1.54, 1.807) is 11.8 Å². The van der Waals surface area contributed by atoms with Gasteiger partial charge < -0.3 is 10.4 Å². The van der Waals surface area contributed by atoms with Crippen LogP contribution in [-0.2, 0) is 0 Å². The van der Waals surface area contributed by atoms with Crippen molar-refractivity contribution < 1.29 is 9.90 Å². The summed E-state index contributed by atoms with van der Waals surface area (Å²) in [7, 11) is 0. The Bertz CT molecular complexity index is 428. The quantitative estimate of drug-likeness (QED) is 0.794. The Balaban J connectivity index is 2.26. The fourth-order valence-electron chi connectivity index (χ4n) is 2.44. The summed E-state index contributed by atoms with van der Waals surface area (Å²) in [6.07, 6.45) is 4.77. The SMILES string of the molecule is CCSc1cccc(NC2CCCC2)c1C(=O)O. The van der Waals surface area contributed by atoms with Crippen molar-refractivity contribution in [1.82, 2.24) is 0 Å². The van der Waals surface area contributed by atoms with E-state index in [0.29, 0.717) is 11.6 Å². The largest absolute Gasteiger partial charge is 0.478 e. The van der Waals surface area contributed by atoms with E-state index in [2.05, 4.69) is 5.32 Å². The lowest BCUT2D eigenvalue weighted by atomic mass is 10.1. The third-order valence-electron chi connectivity index (χ3n) is 3.25. The van der Waals surface area contributed by atoms with Crippen molar-refractivity contribution >= 4 is 23.4 Å². The van der Waals surface area contributed by atoms with Crippen LogP contribution in [0.3, 0.4) is 0 Å². The average Bonchev–Trinajstić information content (AvgIpc) is 2.82. The number of anilines is 1. The second-order valence-corrected chi connectivity index (χ2v) is 5.85. The minimum Gasteiger partial charge on any atom is -0.478 e. The zero-order valence-corrected chi connectivity index (χ0v) is 11.4. The van der Waals surface area contributed by atoms with E-state index in [1.165, 1.54) is 12.8 Å². The van der Waals surface area contributed by atoms with Gasteiger partial charge in [-0.05, 0) is 30.7 Å². The van der Waals surface area contributed by atoms with E-state index in [1.807, 2.05) is 25.1 Å². The number of carboxylic acids is 1. The highest BCUT2D eigenvalue weighted by Crippen LogP contribution is 2.31. The first kappa shape index (κ1) is 13.3. The first-order chi connectivity index (χ1) is 8.72. The molecule has 1 aromatic carbocycles. The van der Waals surface area contributed by atoms with Crippen molar-refractivity contribution in [2.45, 2.75) is 43.5 Å². The van der Waals surface area contributed by atoms with Crippen molar-refractivity contribution in [1.29, 1.82) is 0 Å². The Morgan fingerprint density at radius 2 is 2.17 bits per heavy atom. The Morgan fingerprint density at radius 3 is 2.78 bits per heavy atom. The Morgan fingerprint density at radius 1 is 1.44 bits per heavy atom. The number of carbonyl (C=O) groups is 1. The van der Waals surface area contributed by atoms with Crippen LogP contribution in [0.1, 0.15) is 43.0 Å². The lowest BCUT2D eigenvalue weighted by Gasteiger charge is -2.17. The van der Waals surface area contributed by atoms with Gasteiger partial charge in [0.05, 0.1) is 11.3 Å². The van der Waals surface area contributed by atoms with E-state index < -0.39 is 5.97 Å². The molecule has 2 N–H and O–H groups in total. The minimum atomic E-state index is -0.841. The van der Waals surface area contributed by atoms with E-state index in [9.17, 15) is 9.90 Å². The monoisotopic (exact) mass is 265 g/mol. The smallest absolute Gasteiger partial charge is 0.338 e. The molecule has 0 aliphatic heterocycles. The van der Waals surface area contributed by atoms with Crippen LogP contribution in [-0.4, -0.2) is 22.9 Å². The number of thioether (sulfide) groups is 1. The van der Waals surface area contributed by atoms with Gasteiger partial charge in [-0.15, -0.1) is 11.8 Å². The molecule has 98 valence electrons. The summed E-state index contributed by atoms with van der Waals surface area (Å²) in [4.78, 5) is 12.3. The molecule has 0 radical (unpaired) electrons. The van der Waals surface area contributed by atoms with Crippen LogP contribution in [0.25, 0.3) is 0 Å². The molecule has 18 heavy (non-hydrogen) atoms. The molecule has 1 aromatic rings. The van der Waals surface area contributed by atoms with Crippen LogP contribution in [0.2, 0.25) is 0 Å². The summed E-state index contributed by atoms with van der Waals surface area (Å²) in [5.74, 6) is 0.0414. The number of hydrogen-bond acceptors (Lipinski definition) is 3. The normalized spacial score (nSPS) is 15.8. The summed E-state index contributed by atoms with van der Waals surface area (Å²) in [5.41, 5.74) is 1.20. The standard InChI is InChI=1S/C14H19NO2S/c1-2-18-12-9-5-8-11(13(12)14(16)17)15-10-6-3-4-7-10/h5,8-10,15H,2-4,6-7H2,1H3,(H,16,17). The molecule has 2 rings (SSSR count). The van der Waals surface area contributed by atoms with E-state index >= 15 is 0 Å². The number of rotatable bonds is 5. The van der Waals surface area contributed by atoms with Gasteiger partial charge >= 0.3 is 5.97 Å². The van der Waals surface area contributed by atoms with Crippen LogP contribution in [0.15, 0.2) is 23.1 Å². The van der Waals surface area contributed by atoms with E-state index in [-0.39, 0.29) is 0 Å². The van der Waals surface area contributed by atoms with Crippen molar-refractivity contribution in [2.24, 2.45) is 0 Å². The van der Waals surface area contributed by atoms with Gasteiger partial charge in [0.15, 0.2) is 0 Å². The predicted octanol–water partition coefficient (Wildman–Crippen LogP) is 3.85. The number of carboxylic acid groups (broad SMARTS) is 1. The molecule has 0 saturated heterocycles. The summed E-state index contributed by atoms with van der Waals surface area (Å²) in [6, 6.07) is 6.13. The fourth-order valence-corrected chi connectivity index (χ4v) is 3.27. The molecule has 1 aliphatic rings. The molecule has 0 bridgehead atoms. The second-order valence-electron chi connectivity index (χ2n) is 4.54. The van der Waals surface area contributed by atoms with Gasteiger partial charge in [-0.1, -0.05) is 25.8 Å². The van der Waals surface area contributed by atoms with Crippen molar-refractivity contribution in [3.63, 3.8) is 0 Å². The van der Waals surface area contributed by atoms with Crippen LogP contribution in [0.5, 0.6) is 0 Å². The van der Waals surface area contributed by atoms with Crippen LogP contribution >= 0.6 is 11.8 Å². The molecule has 1 aliphatic carbocycles. The highest BCUT2D eigenvalue weighted by atomic mass is 32.2. The average molecular weight is 265 g/mol. The summed E-state index contributed by atoms with van der Waals surface area (Å²) < 4.78 is 0. The van der Waals surface area contributed by atoms with Gasteiger partial charge in [0.1, 0.15) is 0 Å². The van der Waals surface area contributed by atoms with Crippen LogP contribution < -0.4 is 5.32 Å². The molecule has 0 unspecified atom stereocenters. The van der Waals surface area contributed by atoms with E-state index in [0.717, 1.165) is 29.2 Å². The number of hydrogen-bond donors (Lipinski definition) is 2. The first-order valence-corrected chi connectivity index (χ1v) is 7.46. The third-order valence-corrected chi connectivity index (χ3v) is 4.19. The number of benzene rings is 1. The summed E-state index contributed by atoms with van der Waals surface area (Å²) in [6.45, 7) is 2.04. The van der Waals surface area contributed by atoms with Gasteiger partial charge in [0.25, 0.3) is 0 Å². The summed E-state index contributed by atoms with van der Waals surface area (Å²) in [5, 5.41) is 12.8. The Labute approximate surface area is 112 Å². The van der Waals surface area contributed by atoms with Gasteiger partial charge in [0, 0.05) is 10.9 Å². The molecular weight excluding hydrogens is 246 g/mol. The molecule has 0 heterocycles. The van der Waals surface area contributed by atoms with Gasteiger partial charge in [-0.3, -0.25) is 0 Å². The second kappa shape index (κ2) is 6.14. The maximum atomic E-state index is 11.4. The van der Waals surface area contributed by atoms with Crippen LogP contribution in [0.4, 0.5) is 5.69 Å². The molecule has 0 aromatic heterocycles. The molecule has 4 heteroatoms. The fraction of sp³-hybridized carbons (Fsp3) is 0.500. The number of aromatic carboxylic acids is 1. The molecule has 3 nitrogen and oxygen atoms in total. The predicted molar refractivity (Wildman–Crippen MR) is 75.7 cm³/mol. The lowest BCUT2D eigenvalue weighted by molar-refractivity contribution is 0.0694. The van der Waals surface area contributed by atoms with Gasteiger partial charge in [0.2, 0.25) is 0 Å². The zero-order chi connectivity index (χ0) is 13.0. The maximum absolute atomic E-state index is 11.4. The van der Waals surface area contributed by atoms with Crippen molar-refractivity contribution in [2.75, 3.05) is 11.1 Å². The molecular formula is C14H19NO2S. The molecule has 0 spiro atoms. The van der Waals surface area contributed by atoms with Gasteiger partial charge in [-0.2, -0.15) is 0 Å². The first-order valence-electron chi connectivity index (χ1n) is 6.48.